The Kier molecular flexibility index (Phi) is 7.63. The van der Waals surface area contributed by atoms with Crippen LogP contribution in [0.25, 0.3) is 5.76 Å². The molecule has 2 amide bonds. The molecule has 1 unspecified atom stereocenters. The van der Waals surface area contributed by atoms with Crippen molar-refractivity contribution < 1.29 is 24.2 Å². The van der Waals surface area contributed by atoms with Gasteiger partial charge in [-0.1, -0.05) is 63.2 Å². The number of aliphatic hydroxyl groups excluding tert-OH is 1. The number of rotatable bonds is 6. The van der Waals surface area contributed by atoms with Gasteiger partial charge in [-0.05, 0) is 60.7 Å². The zero-order chi connectivity index (χ0) is 28.5. The number of carbonyl (C=O) groups excluding carboxylic acids is 3. The predicted octanol–water partition coefficient (Wildman–Crippen LogP) is 6.36. The van der Waals surface area contributed by atoms with Crippen molar-refractivity contribution in [3.63, 3.8) is 0 Å². The van der Waals surface area contributed by atoms with Gasteiger partial charge in [0.05, 0.1) is 17.7 Å². The molecule has 3 aromatic rings. The van der Waals surface area contributed by atoms with E-state index < -0.39 is 17.7 Å². The third-order valence-corrected chi connectivity index (χ3v) is 6.46. The van der Waals surface area contributed by atoms with Crippen LogP contribution in [0.5, 0.6) is 5.75 Å². The van der Waals surface area contributed by atoms with Gasteiger partial charge in [0, 0.05) is 23.9 Å². The smallest absolute Gasteiger partial charge is 0.300 e. The molecule has 1 fully saturated rings. The van der Waals surface area contributed by atoms with Crippen molar-refractivity contribution in [2.45, 2.75) is 59.1 Å². The molecule has 4 rings (SSSR count). The first-order valence-electron chi connectivity index (χ1n) is 12.9. The number of carbonyl (C=O) groups is 3. The highest BCUT2D eigenvalue weighted by molar-refractivity contribution is 6.51. The number of aliphatic hydroxyl groups is 1. The van der Waals surface area contributed by atoms with Crippen LogP contribution in [0.15, 0.2) is 78.4 Å². The number of anilines is 2. The maximum atomic E-state index is 13.5. The maximum Gasteiger partial charge on any atom is 0.300 e. The van der Waals surface area contributed by atoms with E-state index in [0.717, 1.165) is 5.56 Å². The predicted molar refractivity (Wildman–Crippen MR) is 153 cm³/mol. The number of nitrogens with one attached hydrogen (secondary N) is 1. The monoisotopic (exact) mass is 526 g/mol. The highest BCUT2D eigenvalue weighted by Gasteiger charge is 2.47. The van der Waals surface area contributed by atoms with Crippen LogP contribution in [0.2, 0.25) is 0 Å². The molecule has 1 atom stereocenters. The van der Waals surface area contributed by atoms with E-state index in [1.807, 2.05) is 38.1 Å². The molecule has 1 aliphatic rings. The van der Waals surface area contributed by atoms with Gasteiger partial charge >= 0.3 is 0 Å². The lowest BCUT2D eigenvalue weighted by atomic mass is 9.85. The quantitative estimate of drug-likeness (QED) is 0.221. The Labute approximate surface area is 229 Å². The Hall–Kier alpha value is -4.39. The highest BCUT2D eigenvalue weighted by Crippen LogP contribution is 2.43. The van der Waals surface area contributed by atoms with Crippen LogP contribution in [0.3, 0.4) is 0 Å². The summed E-state index contributed by atoms with van der Waals surface area (Å²) in [6.45, 7) is 11.5. The summed E-state index contributed by atoms with van der Waals surface area (Å²) < 4.78 is 5.78. The van der Waals surface area contributed by atoms with E-state index in [1.165, 1.54) is 11.8 Å². The van der Waals surface area contributed by atoms with Gasteiger partial charge in [0.1, 0.15) is 11.5 Å². The molecule has 0 saturated carbocycles. The molecule has 0 spiro atoms. The number of amides is 2. The maximum absolute atomic E-state index is 13.5. The zero-order valence-corrected chi connectivity index (χ0v) is 23.1. The molecular weight excluding hydrogens is 492 g/mol. The second kappa shape index (κ2) is 10.8. The molecule has 7 heteroatoms. The number of hydrogen-bond acceptors (Lipinski definition) is 5. The summed E-state index contributed by atoms with van der Waals surface area (Å²) in [5, 5.41) is 14.2. The van der Waals surface area contributed by atoms with Crippen LogP contribution < -0.4 is 15.0 Å². The summed E-state index contributed by atoms with van der Waals surface area (Å²) >= 11 is 0. The Morgan fingerprint density at radius 1 is 0.974 bits per heavy atom. The van der Waals surface area contributed by atoms with Crippen LogP contribution in [0.1, 0.15) is 64.3 Å². The van der Waals surface area contributed by atoms with E-state index in [4.69, 9.17) is 4.74 Å². The van der Waals surface area contributed by atoms with Gasteiger partial charge < -0.3 is 15.2 Å². The average Bonchev–Trinajstić information content (AvgIpc) is 3.13. The number of benzene rings is 3. The minimum atomic E-state index is -0.888. The normalized spacial score (nSPS) is 17.0. The Balaban J connectivity index is 1.90. The molecule has 1 saturated heterocycles. The standard InChI is InChI=1S/C32H34N2O5/c1-19(2)39-26-12-7-9-22(17-26)29(36)27-28(21-13-15-23(16-14-21)32(4,5)6)34(31(38)30(27)37)25-11-8-10-24(18-25)33-20(3)35/h7-19,28,36H,1-6H3,(H,33,35)/b29-27+. The second-order valence-electron chi connectivity index (χ2n) is 11.0. The molecule has 0 aromatic heterocycles. The largest absolute Gasteiger partial charge is 0.507 e. The minimum Gasteiger partial charge on any atom is -0.507 e. The summed E-state index contributed by atoms with van der Waals surface area (Å²) in [4.78, 5) is 40.1. The van der Waals surface area contributed by atoms with E-state index in [9.17, 15) is 19.5 Å². The van der Waals surface area contributed by atoms with Crippen molar-refractivity contribution >= 4 is 34.7 Å². The molecule has 202 valence electrons. The first-order chi connectivity index (χ1) is 18.4. The molecule has 0 aliphatic carbocycles. The van der Waals surface area contributed by atoms with Crippen LogP contribution in [0.4, 0.5) is 11.4 Å². The molecule has 1 aliphatic heterocycles. The molecule has 0 bridgehead atoms. The molecule has 39 heavy (non-hydrogen) atoms. The first kappa shape index (κ1) is 27.6. The number of ether oxygens (including phenoxy) is 1. The molecule has 3 aromatic carbocycles. The van der Waals surface area contributed by atoms with Crippen molar-refractivity contribution in [1.29, 1.82) is 0 Å². The van der Waals surface area contributed by atoms with Crippen LogP contribution in [-0.4, -0.2) is 28.8 Å². The number of Topliss-reactive ketones (excluding diaryl/α,β-unsaturated/α-hetero) is 1. The average molecular weight is 527 g/mol. The summed E-state index contributed by atoms with van der Waals surface area (Å²) in [7, 11) is 0. The lowest BCUT2D eigenvalue weighted by Crippen LogP contribution is -2.29. The zero-order valence-electron chi connectivity index (χ0n) is 23.1. The summed E-state index contributed by atoms with van der Waals surface area (Å²) in [5.41, 5.74) is 2.93. The van der Waals surface area contributed by atoms with E-state index in [2.05, 4.69) is 26.1 Å². The van der Waals surface area contributed by atoms with Gasteiger partial charge in [0.2, 0.25) is 5.91 Å². The van der Waals surface area contributed by atoms with Gasteiger partial charge in [-0.15, -0.1) is 0 Å². The van der Waals surface area contributed by atoms with Crippen molar-refractivity contribution in [3.05, 3.63) is 95.1 Å². The number of ketones is 1. The Morgan fingerprint density at radius 2 is 1.64 bits per heavy atom. The topological polar surface area (TPSA) is 95.9 Å². The fourth-order valence-corrected chi connectivity index (χ4v) is 4.66. The third kappa shape index (κ3) is 5.87. The molecule has 0 radical (unpaired) electrons. The SMILES string of the molecule is CC(=O)Nc1cccc(N2C(=O)C(=O)/C(=C(/O)c3cccc(OC(C)C)c3)C2c2ccc(C(C)(C)C)cc2)c1. The lowest BCUT2D eigenvalue weighted by Gasteiger charge is -2.27. The molecule has 1 heterocycles. The highest BCUT2D eigenvalue weighted by atomic mass is 16.5. The van der Waals surface area contributed by atoms with Crippen molar-refractivity contribution in [1.82, 2.24) is 0 Å². The molecule has 2 N–H and O–H groups in total. The van der Waals surface area contributed by atoms with Crippen LogP contribution in [0, 0.1) is 0 Å². The summed E-state index contributed by atoms with van der Waals surface area (Å²) in [6, 6.07) is 20.4. The van der Waals surface area contributed by atoms with Crippen LogP contribution in [-0.2, 0) is 19.8 Å². The van der Waals surface area contributed by atoms with E-state index in [1.54, 1.807) is 48.5 Å². The summed E-state index contributed by atoms with van der Waals surface area (Å²) in [6.07, 6.45) is -0.0785. The van der Waals surface area contributed by atoms with E-state index in [0.29, 0.717) is 28.3 Å². The van der Waals surface area contributed by atoms with Gasteiger partial charge in [0.25, 0.3) is 11.7 Å². The molecular formula is C32H34N2O5. The number of hydrogen-bond donors (Lipinski definition) is 2. The minimum absolute atomic E-state index is 0.0184. The lowest BCUT2D eigenvalue weighted by molar-refractivity contribution is -0.132. The van der Waals surface area contributed by atoms with Gasteiger partial charge in [-0.2, -0.15) is 0 Å². The third-order valence-electron chi connectivity index (χ3n) is 6.46. The van der Waals surface area contributed by atoms with Crippen molar-refractivity contribution in [2.24, 2.45) is 0 Å². The Morgan fingerprint density at radius 3 is 2.26 bits per heavy atom. The van der Waals surface area contributed by atoms with E-state index >= 15 is 0 Å². The summed E-state index contributed by atoms with van der Waals surface area (Å²) in [5.74, 6) is -1.56. The van der Waals surface area contributed by atoms with Crippen molar-refractivity contribution in [3.8, 4) is 5.75 Å². The van der Waals surface area contributed by atoms with Crippen LogP contribution >= 0.6 is 0 Å². The van der Waals surface area contributed by atoms with Gasteiger partial charge in [0.15, 0.2) is 0 Å². The molecule has 7 nitrogen and oxygen atoms in total. The van der Waals surface area contributed by atoms with Gasteiger partial charge in [-0.3, -0.25) is 19.3 Å². The fourth-order valence-electron chi connectivity index (χ4n) is 4.66. The van der Waals surface area contributed by atoms with Gasteiger partial charge in [-0.25, -0.2) is 0 Å². The van der Waals surface area contributed by atoms with E-state index in [-0.39, 0.29) is 28.8 Å². The van der Waals surface area contributed by atoms with Crippen molar-refractivity contribution in [2.75, 3.05) is 10.2 Å². The number of nitrogens with zero attached hydrogens (tertiary/aromatic N) is 1. The fraction of sp³-hybridized carbons (Fsp3) is 0.281. The first-order valence-corrected chi connectivity index (χ1v) is 12.9. The second-order valence-corrected chi connectivity index (χ2v) is 11.0. The Bertz CT molecular complexity index is 1450.